The predicted octanol–water partition coefficient (Wildman–Crippen LogP) is 5.88. The molecule has 5 aromatic rings. The van der Waals surface area contributed by atoms with Crippen molar-refractivity contribution in [2.24, 2.45) is 5.92 Å². The molecule has 0 aliphatic rings. The van der Waals surface area contributed by atoms with Crippen LogP contribution in [-0.4, -0.2) is 23.4 Å². The molecule has 0 radical (unpaired) electrons. The van der Waals surface area contributed by atoms with Crippen LogP contribution in [0.4, 0.5) is 0 Å². The molecule has 2 nitrogen and oxygen atoms in total. The minimum atomic E-state index is -0.291. The van der Waals surface area contributed by atoms with E-state index >= 15 is 0 Å². The number of aliphatic hydroxyl groups excluding tert-OH is 2. The Balaban J connectivity index is 1.88. The van der Waals surface area contributed by atoms with Gasteiger partial charge in [0.15, 0.2) is 0 Å². The van der Waals surface area contributed by atoms with Crippen molar-refractivity contribution in [1.29, 1.82) is 0 Å². The van der Waals surface area contributed by atoms with Crippen LogP contribution < -0.4 is 0 Å². The van der Waals surface area contributed by atoms with Gasteiger partial charge in [-0.3, -0.25) is 0 Å². The van der Waals surface area contributed by atoms with Gasteiger partial charge in [0.25, 0.3) is 0 Å². The zero-order valence-electron chi connectivity index (χ0n) is 16.7. The van der Waals surface area contributed by atoms with Gasteiger partial charge in [-0.1, -0.05) is 97.1 Å². The van der Waals surface area contributed by atoms with Gasteiger partial charge in [0.2, 0.25) is 0 Å². The van der Waals surface area contributed by atoms with Crippen LogP contribution in [0.2, 0.25) is 0 Å². The highest BCUT2D eigenvalue weighted by Crippen LogP contribution is 2.41. The third kappa shape index (κ3) is 3.06. The molecule has 5 rings (SSSR count). The fourth-order valence-corrected chi connectivity index (χ4v) is 4.81. The zero-order valence-corrected chi connectivity index (χ0v) is 16.7. The smallest absolute Gasteiger partial charge is 0.0490 e. The summed E-state index contributed by atoms with van der Waals surface area (Å²) in [4.78, 5) is 0. The Morgan fingerprint density at radius 3 is 1.77 bits per heavy atom. The van der Waals surface area contributed by atoms with E-state index < -0.39 is 0 Å². The van der Waals surface area contributed by atoms with E-state index in [0.717, 1.165) is 16.5 Å². The number of benzene rings is 5. The van der Waals surface area contributed by atoms with Gasteiger partial charge in [0, 0.05) is 25.0 Å². The molecule has 148 valence electrons. The van der Waals surface area contributed by atoms with Gasteiger partial charge in [0.05, 0.1) is 0 Å². The molecule has 0 fully saturated rings. The van der Waals surface area contributed by atoms with E-state index in [2.05, 4.69) is 84.9 Å². The lowest BCUT2D eigenvalue weighted by atomic mass is 9.77. The van der Waals surface area contributed by atoms with Gasteiger partial charge in [-0.2, -0.15) is 0 Å². The summed E-state index contributed by atoms with van der Waals surface area (Å²) in [5, 5.41) is 27.5. The van der Waals surface area contributed by atoms with Crippen molar-refractivity contribution in [3.63, 3.8) is 0 Å². The normalized spacial score (nSPS) is 12.8. The third-order valence-corrected chi connectivity index (χ3v) is 6.24. The number of fused-ring (bicyclic) bond motifs is 4. The van der Waals surface area contributed by atoms with Crippen LogP contribution in [0.1, 0.15) is 17.0 Å². The Morgan fingerprint density at radius 2 is 1.03 bits per heavy atom. The average Bonchev–Trinajstić information content (AvgIpc) is 2.82. The minimum absolute atomic E-state index is 0.0778. The minimum Gasteiger partial charge on any atom is -0.396 e. The van der Waals surface area contributed by atoms with Crippen LogP contribution in [0.25, 0.3) is 32.3 Å². The number of hydrogen-bond donors (Lipinski definition) is 2. The Labute approximate surface area is 176 Å². The Bertz CT molecular complexity index is 1330. The highest BCUT2D eigenvalue weighted by atomic mass is 16.3. The van der Waals surface area contributed by atoms with Crippen molar-refractivity contribution in [3.8, 4) is 0 Å². The van der Waals surface area contributed by atoms with Crippen molar-refractivity contribution in [2.75, 3.05) is 13.2 Å². The van der Waals surface area contributed by atoms with Crippen LogP contribution in [0, 0.1) is 5.92 Å². The van der Waals surface area contributed by atoms with E-state index in [0.29, 0.717) is 0 Å². The molecule has 2 heteroatoms. The first-order chi connectivity index (χ1) is 14.8. The standard InChI is InChI=1S/C28H24O2/c29-17-22(18-30)28(25-13-5-9-19-7-1-3-11-23(19)25)26-14-6-10-21-16-15-20-8-2-4-12-24(20)27(21)26/h1-16,22,28-30H,17-18H2. The van der Waals surface area contributed by atoms with Crippen molar-refractivity contribution in [3.05, 3.63) is 108 Å². The van der Waals surface area contributed by atoms with Gasteiger partial charge in [0.1, 0.15) is 0 Å². The number of hydrogen-bond acceptors (Lipinski definition) is 2. The molecule has 5 aromatic carbocycles. The lowest BCUT2D eigenvalue weighted by Crippen LogP contribution is -2.22. The predicted molar refractivity (Wildman–Crippen MR) is 125 cm³/mol. The largest absolute Gasteiger partial charge is 0.396 e. The summed E-state index contributed by atoms with van der Waals surface area (Å²) >= 11 is 0. The molecule has 0 spiro atoms. The molecule has 1 unspecified atom stereocenters. The van der Waals surface area contributed by atoms with Crippen molar-refractivity contribution in [2.45, 2.75) is 5.92 Å². The highest BCUT2D eigenvalue weighted by molar-refractivity contribution is 6.09. The first-order valence-electron chi connectivity index (χ1n) is 10.4. The molecule has 0 bridgehead atoms. The number of aliphatic hydroxyl groups is 2. The monoisotopic (exact) mass is 392 g/mol. The maximum absolute atomic E-state index is 10.2. The van der Waals surface area contributed by atoms with Gasteiger partial charge in [-0.15, -0.1) is 0 Å². The molecular formula is C28H24O2. The molecule has 0 aliphatic carbocycles. The first-order valence-corrected chi connectivity index (χ1v) is 10.4. The second-order valence-electron chi connectivity index (χ2n) is 7.90. The third-order valence-electron chi connectivity index (χ3n) is 6.24. The van der Waals surface area contributed by atoms with Gasteiger partial charge in [-0.05, 0) is 43.4 Å². The van der Waals surface area contributed by atoms with Crippen LogP contribution >= 0.6 is 0 Å². The Morgan fingerprint density at radius 1 is 0.500 bits per heavy atom. The van der Waals surface area contributed by atoms with E-state index in [9.17, 15) is 10.2 Å². The highest BCUT2D eigenvalue weighted by Gasteiger charge is 2.27. The van der Waals surface area contributed by atoms with Gasteiger partial charge >= 0.3 is 0 Å². The molecular weight excluding hydrogens is 368 g/mol. The lowest BCUT2D eigenvalue weighted by Gasteiger charge is -2.28. The second-order valence-corrected chi connectivity index (χ2v) is 7.90. The summed E-state index contributed by atoms with van der Waals surface area (Å²) in [5.74, 6) is -0.416. The summed E-state index contributed by atoms with van der Waals surface area (Å²) < 4.78 is 0. The summed E-state index contributed by atoms with van der Waals surface area (Å²) in [6, 6.07) is 33.8. The summed E-state index contributed by atoms with van der Waals surface area (Å²) in [7, 11) is 0. The molecule has 2 N–H and O–H groups in total. The number of rotatable bonds is 5. The average molecular weight is 392 g/mol. The van der Waals surface area contributed by atoms with E-state index in [1.165, 1.54) is 26.9 Å². The van der Waals surface area contributed by atoms with E-state index in [1.54, 1.807) is 0 Å². The summed E-state index contributed by atoms with van der Waals surface area (Å²) in [6.45, 7) is -0.156. The van der Waals surface area contributed by atoms with Crippen LogP contribution in [0.5, 0.6) is 0 Å². The Kier molecular flexibility index (Phi) is 4.96. The fourth-order valence-electron chi connectivity index (χ4n) is 4.81. The van der Waals surface area contributed by atoms with E-state index in [1.807, 2.05) is 12.1 Å². The molecule has 0 heterocycles. The molecule has 0 saturated carbocycles. The topological polar surface area (TPSA) is 40.5 Å². The molecule has 0 aromatic heterocycles. The molecule has 0 saturated heterocycles. The van der Waals surface area contributed by atoms with Crippen molar-refractivity contribution in [1.82, 2.24) is 0 Å². The van der Waals surface area contributed by atoms with Crippen LogP contribution in [0.3, 0.4) is 0 Å². The maximum atomic E-state index is 10.2. The molecule has 1 atom stereocenters. The van der Waals surface area contributed by atoms with Crippen LogP contribution in [0.15, 0.2) is 97.1 Å². The first kappa shape index (κ1) is 18.8. The van der Waals surface area contributed by atoms with Crippen molar-refractivity contribution >= 4 is 32.3 Å². The zero-order chi connectivity index (χ0) is 20.5. The summed E-state index contributed by atoms with van der Waals surface area (Å²) in [5.41, 5.74) is 2.29. The van der Waals surface area contributed by atoms with Crippen molar-refractivity contribution < 1.29 is 10.2 Å². The molecule has 0 aliphatic heterocycles. The second kappa shape index (κ2) is 7.91. The van der Waals surface area contributed by atoms with Crippen LogP contribution in [-0.2, 0) is 0 Å². The quantitative estimate of drug-likeness (QED) is 0.367. The fraction of sp³-hybridized carbons (Fsp3) is 0.143. The Hall–Kier alpha value is -3.20. The summed E-state index contributed by atoms with van der Waals surface area (Å²) in [6.07, 6.45) is 0. The van der Waals surface area contributed by atoms with E-state index in [-0.39, 0.29) is 25.0 Å². The SMILES string of the molecule is OCC(CO)C(c1cccc2ccccc12)c1cccc2ccc3ccccc3c12. The molecule has 30 heavy (non-hydrogen) atoms. The van der Waals surface area contributed by atoms with Gasteiger partial charge < -0.3 is 10.2 Å². The lowest BCUT2D eigenvalue weighted by molar-refractivity contribution is 0.139. The molecule has 0 amide bonds. The van der Waals surface area contributed by atoms with E-state index in [4.69, 9.17) is 0 Å². The van der Waals surface area contributed by atoms with Gasteiger partial charge in [-0.25, -0.2) is 0 Å². The maximum Gasteiger partial charge on any atom is 0.0490 e.